The van der Waals surface area contributed by atoms with E-state index in [9.17, 15) is 12.8 Å². The molecule has 0 unspecified atom stereocenters. The van der Waals surface area contributed by atoms with Crippen LogP contribution in [0.15, 0.2) is 47.4 Å². The highest BCUT2D eigenvalue weighted by molar-refractivity contribution is 7.93. The molecular weight excluding hydrogens is 311 g/mol. The molecule has 0 aliphatic rings. The molecule has 0 atom stereocenters. The van der Waals surface area contributed by atoms with E-state index in [1.54, 1.807) is 24.3 Å². The summed E-state index contributed by atoms with van der Waals surface area (Å²) in [7, 11) is -3.72. The topological polar surface area (TPSA) is 59.1 Å². The van der Waals surface area contributed by atoms with Gasteiger partial charge in [-0.3, -0.25) is 4.72 Å². The van der Waals surface area contributed by atoms with Crippen LogP contribution in [-0.2, 0) is 10.0 Å². The molecule has 1 N–H and O–H groups in total. The second kappa shape index (κ2) is 5.09. The number of halogens is 1. The highest BCUT2D eigenvalue weighted by atomic mass is 32.2. The molecule has 0 spiro atoms. The largest absolute Gasteiger partial charge is 0.263 e. The number of hydrogen-bond donors (Lipinski definition) is 1. The monoisotopic (exact) mass is 322 g/mol. The van der Waals surface area contributed by atoms with Gasteiger partial charge in [-0.15, -0.1) is 0 Å². The quantitative estimate of drug-likeness (QED) is 0.802. The molecule has 0 saturated carbocycles. The Kier molecular flexibility index (Phi) is 3.38. The molecule has 3 aromatic rings. The summed E-state index contributed by atoms with van der Waals surface area (Å²) in [5, 5.41) is 0.149. The fraction of sp³-hybridized carbons (Fsp3) is 0.0714. The van der Waals surface area contributed by atoms with Gasteiger partial charge in [0.1, 0.15) is 11.3 Å². The van der Waals surface area contributed by atoms with Crippen LogP contribution in [0.5, 0.6) is 0 Å². The number of para-hydroxylation sites is 1. The zero-order chi connectivity index (χ0) is 15.0. The maximum Gasteiger partial charge on any atom is 0.263 e. The van der Waals surface area contributed by atoms with Crippen LogP contribution in [0.2, 0.25) is 0 Å². The van der Waals surface area contributed by atoms with Crippen molar-refractivity contribution in [3.05, 3.63) is 53.8 Å². The molecule has 0 saturated heterocycles. The molecule has 3 rings (SSSR count). The van der Waals surface area contributed by atoms with Crippen molar-refractivity contribution in [1.29, 1.82) is 0 Å². The number of nitrogens with one attached hydrogen (secondary N) is 1. The zero-order valence-corrected chi connectivity index (χ0v) is 12.6. The van der Waals surface area contributed by atoms with Crippen LogP contribution < -0.4 is 4.72 Å². The minimum absolute atomic E-state index is 0.146. The number of sulfonamides is 1. The molecule has 21 heavy (non-hydrogen) atoms. The predicted molar refractivity (Wildman–Crippen MR) is 81.6 cm³/mol. The Morgan fingerprint density at radius 1 is 1.14 bits per heavy atom. The van der Waals surface area contributed by atoms with Crippen LogP contribution in [0.3, 0.4) is 0 Å². The normalized spacial score (nSPS) is 11.7. The molecule has 0 fully saturated rings. The van der Waals surface area contributed by atoms with Crippen LogP contribution in [-0.4, -0.2) is 13.4 Å². The van der Waals surface area contributed by atoms with Crippen molar-refractivity contribution in [2.75, 3.05) is 4.72 Å². The zero-order valence-electron chi connectivity index (χ0n) is 11.0. The number of anilines is 1. The number of aromatic nitrogens is 1. The Hall–Kier alpha value is -1.99. The smallest absolute Gasteiger partial charge is 0.255 e. The van der Waals surface area contributed by atoms with Gasteiger partial charge in [0.2, 0.25) is 0 Å². The van der Waals surface area contributed by atoms with Gasteiger partial charge in [0.05, 0.1) is 9.60 Å². The average Bonchev–Trinajstić information content (AvgIpc) is 2.82. The lowest BCUT2D eigenvalue weighted by atomic mass is 10.2. The number of thiazole rings is 1. The molecule has 1 heterocycles. The number of rotatable bonds is 3. The van der Waals surface area contributed by atoms with Gasteiger partial charge in [-0.2, -0.15) is 0 Å². The maximum absolute atomic E-state index is 13.6. The van der Waals surface area contributed by atoms with Crippen LogP contribution in [0.1, 0.15) is 5.56 Å². The van der Waals surface area contributed by atoms with Gasteiger partial charge in [0, 0.05) is 0 Å². The van der Waals surface area contributed by atoms with E-state index in [-0.39, 0.29) is 15.5 Å². The van der Waals surface area contributed by atoms with E-state index in [1.807, 2.05) is 6.92 Å². The number of fused-ring (bicyclic) bond motifs is 1. The molecule has 0 aliphatic carbocycles. The first kappa shape index (κ1) is 14.0. The highest BCUT2D eigenvalue weighted by Crippen LogP contribution is 2.29. The Labute approximate surface area is 125 Å². The summed E-state index contributed by atoms with van der Waals surface area (Å²) in [5.41, 5.74) is 1.14. The summed E-state index contributed by atoms with van der Waals surface area (Å²) in [6, 6.07) is 11.0. The molecule has 4 nitrogen and oxygen atoms in total. The Balaban J connectivity index is 1.97. The summed E-state index contributed by atoms with van der Waals surface area (Å²) >= 11 is 1.09. The summed E-state index contributed by atoms with van der Waals surface area (Å²) in [5.74, 6) is -0.468. The maximum atomic E-state index is 13.6. The van der Waals surface area contributed by atoms with Gasteiger partial charge in [-0.1, -0.05) is 35.1 Å². The Morgan fingerprint density at radius 2 is 1.86 bits per heavy atom. The molecular formula is C14H11FN2O2S2. The third kappa shape index (κ3) is 2.74. The first-order chi connectivity index (χ1) is 9.95. The summed E-state index contributed by atoms with van der Waals surface area (Å²) in [6.45, 7) is 1.88. The van der Waals surface area contributed by atoms with Gasteiger partial charge in [0.25, 0.3) is 10.0 Å². The number of aryl methyl sites for hydroxylation is 1. The molecule has 0 amide bonds. The Morgan fingerprint density at radius 3 is 2.52 bits per heavy atom. The van der Waals surface area contributed by atoms with Gasteiger partial charge < -0.3 is 0 Å². The van der Waals surface area contributed by atoms with Crippen molar-refractivity contribution < 1.29 is 12.8 Å². The molecule has 2 aromatic carbocycles. The molecule has 7 heteroatoms. The minimum Gasteiger partial charge on any atom is -0.255 e. The summed E-state index contributed by atoms with van der Waals surface area (Å²) in [4.78, 5) is 4.14. The molecule has 0 aliphatic heterocycles. The van der Waals surface area contributed by atoms with Crippen LogP contribution in [0, 0.1) is 12.7 Å². The Bertz CT molecular complexity index is 902. The highest BCUT2D eigenvalue weighted by Gasteiger charge is 2.17. The van der Waals surface area contributed by atoms with Crippen molar-refractivity contribution in [2.24, 2.45) is 0 Å². The van der Waals surface area contributed by atoms with Crippen LogP contribution in [0.25, 0.3) is 10.2 Å². The van der Waals surface area contributed by atoms with E-state index in [1.165, 1.54) is 18.2 Å². The lowest BCUT2D eigenvalue weighted by Gasteiger charge is -2.04. The molecule has 0 radical (unpaired) electrons. The van der Waals surface area contributed by atoms with Gasteiger partial charge in [-0.05, 0) is 31.2 Å². The van der Waals surface area contributed by atoms with E-state index in [4.69, 9.17) is 0 Å². The van der Waals surface area contributed by atoms with Gasteiger partial charge in [-0.25, -0.2) is 17.8 Å². The van der Waals surface area contributed by atoms with E-state index < -0.39 is 15.8 Å². The van der Waals surface area contributed by atoms with E-state index >= 15 is 0 Å². The van der Waals surface area contributed by atoms with E-state index in [0.29, 0.717) is 4.70 Å². The third-order valence-electron chi connectivity index (χ3n) is 2.92. The van der Waals surface area contributed by atoms with E-state index in [0.717, 1.165) is 16.9 Å². The average molecular weight is 322 g/mol. The number of hydrogen-bond acceptors (Lipinski definition) is 4. The van der Waals surface area contributed by atoms with Gasteiger partial charge >= 0.3 is 0 Å². The van der Waals surface area contributed by atoms with Crippen LogP contribution in [0.4, 0.5) is 9.52 Å². The lowest BCUT2D eigenvalue weighted by molar-refractivity contribution is 0.601. The molecule has 0 bridgehead atoms. The second-order valence-corrected chi connectivity index (χ2v) is 7.24. The van der Waals surface area contributed by atoms with Crippen LogP contribution >= 0.6 is 11.3 Å². The van der Waals surface area contributed by atoms with Gasteiger partial charge in [0.15, 0.2) is 5.13 Å². The minimum atomic E-state index is -3.72. The number of nitrogens with zero attached hydrogens (tertiary/aromatic N) is 1. The second-order valence-electron chi connectivity index (χ2n) is 4.52. The van der Waals surface area contributed by atoms with E-state index in [2.05, 4.69) is 9.71 Å². The third-order valence-corrected chi connectivity index (χ3v) is 5.34. The molecule has 108 valence electrons. The standard InChI is InChI=1S/C14H11FN2O2S2/c1-9-5-7-10(8-6-9)21(18,19)17-14-16-13-11(15)3-2-4-12(13)20-14/h2-8H,1H3,(H,16,17). The van der Waals surface area contributed by atoms with Crippen molar-refractivity contribution in [1.82, 2.24) is 4.98 Å². The summed E-state index contributed by atoms with van der Waals surface area (Å²) in [6.07, 6.45) is 0. The molecule has 1 aromatic heterocycles. The fourth-order valence-electron chi connectivity index (χ4n) is 1.85. The first-order valence-corrected chi connectivity index (χ1v) is 8.40. The SMILES string of the molecule is Cc1ccc(S(=O)(=O)Nc2nc3c(F)cccc3s2)cc1. The number of benzene rings is 2. The fourth-order valence-corrected chi connectivity index (χ4v) is 3.97. The van der Waals surface area contributed by atoms with Crippen molar-refractivity contribution in [3.8, 4) is 0 Å². The first-order valence-electron chi connectivity index (χ1n) is 6.10. The van der Waals surface area contributed by atoms with Crippen molar-refractivity contribution >= 4 is 36.7 Å². The predicted octanol–water partition coefficient (Wildman–Crippen LogP) is 3.54. The van der Waals surface area contributed by atoms with Crippen molar-refractivity contribution in [3.63, 3.8) is 0 Å². The summed E-state index contributed by atoms with van der Waals surface area (Å²) < 4.78 is 41.0. The lowest BCUT2D eigenvalue weighted by Crippen LogP contribution is -2.12. The van der Waals surface area contributed by atoms with Crippen molar-refractivity contribution in [2.45, 2.75) is 11.8 Å².